The smallest absolute Gasteiger partial charge is 0.177 e. The van der Waals surface area contributed by atoms with Gasteiger partial charge in [0.05, 0.1) is 18.2 Å². The molecule has 0 fully saturated rings. The van der Waals surface area contributed by atoms with Crippen molar-refractivity contribution in [1.29, 1.82) is 5.26 Å². The summed E-state index contributed by atoms with van der Waals surface area (Å²) in [6, 6.07) is 8.74. The Morgan fingerprint density at radius 3 is 2.57 bits per heavy atom. The van der Waals surface area contributed by atoms with Crippen molar-refractivity contribution in [3.05, 3.63) is 29.8 Å². The van der Waals surface area contributed by atoms with Crippen molar-refractivity contribution in [2.45, 2.75) is 0 Å². The minimum atomic E-state index is -0.455. The fourth-order valence-electron chi connectivity index (χ4n) is 0.919. The maximum Gasteiger partial charge on any atom is 0.177 e. The van der Waals surface area contributed by atoms with E-state index in [0.29, 0.717) is 5.56 Å². The lowest BCUT2D eigenvalue weighted by molar-refractivity contribution is -0.120. The summed E-state index contributed by atoms with van der Waals surface area (Å²) in [6.07, 6.45) is 0. The van der Waals surface area contributed by atoms with E-state index in [-0.39, 0.29) is 12.3 Å². The summed E-state index contributed by atoms with van der Waals surface area (Å²) in [5.74, 6) is -0.269. The number of benzene rings is 1. The number of anilines is 1. The van der Waals surface area contributed by atoms with Gasteiger partial charge in [-0.2, -0.15) is 5.26 Å². The van der Waals surface area contributed by atoms with Crippen molar-refractivity contribution in [1.82, 2.24) is 0 Å². The normalized spacial score (nSPS) is 9.14. The highest BCUT2D eigenvalue weighted by molar-refractivity contribution is 5.83. The Balaban J connectivity index is 2.53. The van der Waals surface area contributed by atoms with Gasteiger partial charge in [-0.15, -0.1) is 0 Å². The van der Waals surface area contributed by atoms with Gasteiger partial charge in [-0.05, 0) is 24.3 Å². The zero-order chi connectivity index (χ0) is 10.4. The van der Waals surface area contributed by atoms with Crippen LogP contribution in [0.5, 0.6) is 0 Å². The molecule has 0 unspecified atom stereocenters. The minimum Gasteiger partial charge on any atom is -0.389 e. The molecule has 0 aliphatic carbocycles. The molecule has 4 heteroatoms. The van der Waals surface area contributed by atoms with E-state index in [2.05, 4.69) is 5.32 Å². The molecule has 1 aromatic rings. The van der Waals surface area contributed by atoms with Crippen molar-refractivity contribution < 1.29 is 9.90 Å². The number of nitrogens with one attached hydrogen (secondary N) is 1. The first kappa shape index (κ1) is 10.2. The first-order valence-electron chi connectivity index (χ1n) is 4.13. The van der Waals surface area contributed by atoms with Gasteiger partial charge in [0, 0.05) is 5.69 Å². The van der Waals surface area contributed by atoms with Crippen molar-refractivity contribution >= 4 is 11.5 Å². The number of nitrogens with zero attached hydrogens (tertiary/aromatic N) is 1. The van der Waals surface area contributed by atoms with Gasteiger partial charge in [0.25, 0.3) is 0 Å². The predicted molar refractivity (Wildman–Crippen MR) is 51.7 cm³/mol. The zero-order valence-electron chi connectivity index (χ0n) is 7.53. The number of rotatable bonds is 4. The monoisotopic (exact) mass is 190 g/mol. The van der Waals surface area contributed by atoms with Crippen molar-refractivity contribution in [2.75, 3.05) is 18.5 Å². The summed E-state index contributed by atoms with van der Waals surface area (Å²) < 4.78 is 0. The van der Waals surface area contributed by atoms with Gasteiger partial charge in [0.1, 0.15) is 6.61 Å². The number of aliphatic hydroxyl groups excluding tert-OH is 1. The lowest BCUT2D eigenvalue weighted by atomic mass is 10.2. The van der Waals surface area contributed by atoms with Crippen molar-refractivity contribution in [2.24, 2.45) is 0 Å². The van der Waals surface area contributed by atoms with Gasteiger partial charge in [0.15, 0.2) is 5.78 Å². The molecule has 0 spiro atoms. The highest BCUT2D eigenvalue weighted by Crippen LogP contribution is 2.07. The van der Waals surface area contributed by atoms with Crippen LogP contribution >= 0.6 is 0 Å². The fraction of sp³-hybridized carbons (Fsp3) is 0.200. The first-order valence-corrected chi connectivity index (χ1v) is 4.13. The number of aliphatic hydroxyl groups is 1. The van der Waals surface area contributed by atoms with Crippen LogP contribution in [0, 0.1) is 11.3 Å². The maximum absolute atomic E-state index is 10.7. The van der Waals surface area contributed by atoms with Crippen LogP contribution in [-0.2, 0) is 4.79 Å². The standard InChI is InChI=1S/C10H10N2O2/c11-5-8-1-3-9(4-2-8)12-6-10(14)7-13/h1-4,12-13H,6-7H2. The Morgan fingerprint density at radius 1 is 1.43 bits per heavy atom. The van der Waals surface area contributed by atoms with Crippen LogP contribution in [0.2, 0.25) is 0 Å². The summed E-state index contributed by atoms with van der Waals surface area (Å²) >= 11 is 0. The second-order valence-electron chi connectivity index (χ2n) is 2.74. The Bertz CT molecular complexity index is 351. The predicted octanol–water partition coefficient (Wildman–Crippen LogP) is 0.532. The van der Waals surface area contributed by atoms with Gasteiger partial charge < -0.3 is 10.4 Å². The molecule has 72 valence electrons. The lowest BCUT2D eigenvalue weighted by Gasteiger charge is -2.03. The zero-order valence-corrected chi connectivity index (χ0v) is 7.53. The largest absolute Gasteiger partial charge is 0.389 e. The van der Waals surface area contributed by atoms with Crippen LogP contribution in [0.25, 0.3) is 0 Å². The number of carbonyl (C=O) groups is 1. The van der Waals surface area contributed by atoms with Crippen molar-refractivity contribution in [3.63, 3.8) is 0 Å². The minimum absolute atomic E-state index is 0.0996. The second kappa shape index (κ2) is 5.00. The summed E-state index contributed by atoms with van der Waals surface area (Å²) in [6.45, 7) is -0.355. The van der Waals surface area contributed by atoms with Gasteiger partial charge >= 0.3 is 0 Å². The SMILES string of the molecule is N#Cc1ccc(NCC(=O)CO)cc1. The molecule has 0 aliphatic heterocycles. The molecular formula is C10H10N2O2. The Hall–Kier alpha value is -1.86. The van der Waals surface area contributed by atoms with E-state index in [1.54, 1.807) is 24.3 Å². The van der Waals surface area contributed by atoms with Crippen LogP contribution in [0.1, 0.15) is 5.56 Å². The molecule has 0 aromatic heterocycles. The Kier molecular flexibility index (Phi) is 3.65. The number of nitriles is 1. The van der Waals surface area contributed by atoms with Gasteiger partial charge in [-0.25, -0.2) is 0 Å². The van der Waals surface area contributed by atoms with Gasteiger partial charge in [-0.1, -0.05) is 0 Å². The van der Waals surface area contributed by atoms with Gasteiger partial charge in [0.2, 0.25) is 0 Å². The molecular weight excluding hydrogens is 180 g/mol. The molecule has 0 aliphatic rings. The lowest BCUT2D eigenvalue weighted by Crippen LogP contribution is -2.16. The highest BCUT2D eigenvalue weighted by Gasteiger charge is 1.98. The number of hydrogen-bond donors (Lipinski definition) is 2. The Labute approximate surface area is 81.8 Å². The molecule has 4 nitrogen and oxygen atoms in total. The van der Waals surface area contributed by atoms with E-state index in [1.165, 1.54) is 0 Å². The molecule has 1 aromatic carbocycles. The molecule has 0 saturated carbocycles. The van der Waals surface area contributed by atoms with E-state index in [1.807, 2.05) is 6.07 Å². The molecule has 2 N–H and O–H groups in total. The highest BCUT2D eigenvalue weighted by atomic mass is 16.3. The maximum atomic E-state index is 10.7. The summed E-state index contributed by atoms with van der Waals surface area (Å²) in [5, 5.41) is 19.8. The third-order valence-corrected chi connectivity index (χ3v) is 1.68. The third-order valence-electron chi connectivity index (χ3n) is 1.68. The number of ketones is 1. The molecule has 0 atom stereocenters. The molecule has 0 amide bonds. The average molecular weight is 190 g/mol. The Morgan fingerprint density at radius 2 is 2.07 bits per heavy atom. The van der Waals surface area contributed by atoms with E-state index < -0.39 is 6.61 Å². The topological polar surface area (TPSA) is 73.1 Å². The van der Waals surface area contributed by atoms with Crippen molar-refractivity contribution in [3.8, 4) is 6.07 Å². The fourth-order valence-corrected chi connectivity index (χ4v) is 0.919. The quantitative estimate of drug-likeness (QED) is 0.726. The molecule has 0 bridgehead atoms. The summed E-state index contributed by atoms with van der Waals surface area (Å²) in [4.78, 5) is 10.7. The molecule has 14 heavy (non-hydrogen) atoms. The van der Waals surface area contributed by atoms with Crippen LogP contribution in [0.15, 0.2) is 24.3 Å². The van der Waals surface area contributed by atoms with E-state index >= 15 is 0 Å². The van der Waals surface area contributed by atoms with Crippen LogP contribution < -0.4 is 5.32 Å². The van der Waals surface area contributed by atoms with Crippen LogP contribution in [-0.4, -0.2) is 24.0 Å². The van der Waals surface area contributed by atoms with E-state index in [4.69, 9.17) is 10.4 Å². The third kappa shape index (κ3) is 2.88. The molecule has 0 heterocycles. The van der Waals surface area contributed by atoms with Crippen LogP contribution in [0.4, 0.5) is 5.69 Å². The summed E-state index contributed by atoms with van der Waals surface area (Å²) in [7, 11) is 0. The number of carbonyl (C=O) groups excluding carboxylic acids is 1. The van der Waals surface area contributed by atoms with E-state index in [9.17, 15) is 4.79 Å². The molecule has 0 saturated heterocycles. The molecule has 1 rings (SSSR count). The second-order valence-corrected chi connectivity index (χ2v) is 2.74. The van der Waals surface area contributed by atoms with Crippen LogP contribution in [0.3, 0.4) is 0 Å². The molecule has 0 radical (unpaired) electrons. The average Bonchev–Trinajstić information content (AvgIpc) is 2.26. The van der Waals surface area contributed by atoms with E-state index in [0.717, 1.165) is 5.69 Å². The number of Topliss-reactive ketones (excluding diaryl/α,β-unsaturated/α-hetero) is 1. The van der Waals surface area contributed by atoms with Gasteiger partial charge in [-0.3, -0.25) is 4.79 Å². The first-order chi connectivity index (χ1) is 6.76. The number of hydrogen-bond acceptors (Lipinski definition) is 4. The summed E-state index contributed by atoms with van der Waals surface area (Å²) in [5.41, 5.74) is 1.33.